The number of aromatic amines is 1. The molecular weight excluding hydrogens is 424 g/mol. The molecule has 0 bridgehead atoms. The Kier molecular flexibility index (Phi) is 5.37. The van der Waals surface area contributed by atoms with E-state index in [-0.39, 0.29) is 0 Å². The first kappa shape index (κ1) is 20.4. The molecule has 3 N–H and O–H groups in total. The molecule has 0 spiro atoms. The number of rotatable bonds is 6. The summed E-state index contributed by atoms with van der Waals surface area (Å²) < 4.78 is 6.37. The summed E-state index contributed by atoms with van der Waals surface area (Å²) in [6.45, 7) is 2.58. The lowest BCUT2D eigenvalue weighted by molar-refractivity contribution is 0.485. The molecule has 1 aliphatic heterocycles. The van der Waals surface area contributed by atoms with Crippen molar-refractivity contribution in [3.63, 3.8) is 0 Å². The highest BCUT2D eigenvalue weighted by Gasteiger charge is 2.16. The van der Waals surface area contributed by atoms with Crippen molar-refractivity contribution >= 4 is 16.9 Å². The fourth-order valence-electron chi connectivity index (χ4n) is 4.35. The smallest absolute Gasteiger partial charge is 0.141 e. The quantitative estimate of drug-likeness (QED) is 0.336. The van der Waals surface area contributed by atoms with Crippen LogP contribution in [0.15, 0.2) is 79.4 Å². The molecule has 7 heteroatoms. The van der Waals surface area contributed by atoms with Gasteiger partial charge in [0, 0.05) is 37.1 Å². The van der Waals surface area contributed by atoms with Crippen LogP contribution in [0.2, 0.25) is 0 Å². The number of aromatic nitrogens is 4. The second-order valence-corrected chi connectivity index (χ2v) is 8.32. The molecule has 0 amide bonds. The summed E-state index contributed by atoms with van der Waals surface area (Å²) in [6, 6.07) is 20.4. The minimum absolute atomic E-state index is 0.689. The largest absolute Gasteiger partial charge is 0.457 e. The molecule has 0 saturated heterocycles. The number of nitrogens with one attached hydrogen (secondary N) is 3. The van der Waals surface area contributed by atoms with Crippen LogP contribution in [-0.4, -0.2) is 26.5 Å². The van der Waals surface area contributed by atoms with Gasteiger partial charge in [0.05, 0.1) is 11.1 Å². The number of anilines is 1. The second kappa shape index (κ2) is 8.96. The Balaban J connectivity index is 1.31. The van der Waals surface area contributed by atoms with Crippen molar-refractivity contribution in [1.29, 1.82) is 0 Å². The van der Waals surface area contributed by atoms with E-state index < -0.39 is 0 Å². The molecule has 0 unspecified atom stereocenters. The average Bonchev–Trinajstić information content (AvgIpc) is 3.34. The topological polar surface area (TPSA) is 87.8 Å². The standard InChI is InChI=1S/C27H24N6O/c1-2-4-18(5-3-1)14-30-25-13-23(32-17-33-25)22-16-31-27-26(22)24(9-11-29-27)34-21-7-6-19-8-10-28-15-20(19)12-21/h1-7,9,11-13,16-17,28H,8,10,14-15H2,(H,29,31)(H,30,32,33). The SMILES string of the molecule is c1ccc(CNc2cc(-c3c[nH]c4nccc(Oc5ccc6c(c5)CNCC6)c34)ncn2)cc1. The van der Waals surface area contributed by atoms with Crippen LogP contribution in [0.1, 0.15) is 16.7 Å². The number of hydrogen-bond acceptors (Lipinski definition) is 6. The zero-order valence-corrected chi connectivity index (χ0v) is 18.6. The zero-order chi connectivity index (χ0) is 22.7. The molecule has 2 aromatic carbocycles. The van der Waals surface area contributed by atoms with Gasteiger partial charge in [0.25, 0.3) is 0 Å². The van der Waals surface area contributed by atoms with Gasteiger partial charge < -0.3 is 20.4 Å². The monoisotopic (exact) mass is 448 g/mol. The summed E-state index contributed by atoms with van der Waals surface area (Å²) >= 11 is 0. The Morgan fingerprint density at radius 1 is 0.941 bits per heavy atom. The maximum Gasteiger partial charge on any atom is 0.141 e. The third-order valence-corrected chi connectivity index (χ3v) is 6.09. The highest BCUT2D eigenvalue weighted by atomic mass is 16.5. The molecule has 168 valence electrons. The molecule has 0 saturated carbocycles. The number of nitrogens with zero attached hydrogens (tertiary/aromatic N) is 3. The van der Waals surface area contributed by atoms with Crippen LogP contribution in [0.3, 0.4) is 0 Å². The van der Waals surface area contributed by atoms with Crippen LogP contribution in [0.5, 0.6) is 11.5 Å². The molecular formula is C27H24N6O. The van der Waals surface area contributed by atoms with Gasteiger partial charge >= 0.3 is 0 Å². The van der Waals surface area contributed by atoms with E-state index in [1.165, 1.54) is 16.7 Å². The first-order valence-electron chi connectivity index (χ1n) is 11.4. The zero-order valence-electron chi connectivity index (χ0n) is 18.6. The van der Waals surface area contributed by atoms with E-state index in [0.29, 0.717) is 6.54 Å². The van der Waals surface area contributed by atoms with Gasteiger partial charge in [-0.15, -0.1) is 0 Å². The number of hydrogen-bond donors (Lipinski definition) is 3. The van der Waals surface area contributed by atoms with E-state index in [0.717, 1.165) is 59.1 Å². The Hall–Kier alpha value is -4.23. The van der Waals surface area contributed by atoms with E-state index in [1.807, 2.05) is 42.6 Å². The van der Waals surface area contributed by atoms with E-state index >= 15 is 0 Å². The molecule has 4 heterocycles. The number of pyridine rings is 1. The summed E-state index contributed by atoms with van der Waals surface area (Å²) in [5.74, 6) is 2.31. The number of benzene rings is 2. The lowest BCUT2D eigenvalue weighted by Crippen LogP contribution is -2.23. The molecule has 0 fully saturated rings. The van der Waals surface area contributed by atoms with Gasteiger partial charge in [0.15, 0.2) is 0 Å². The highest BCUT2D eigenvalue weighted by Crippen LogP contribution is 2.36. The normalized spacial score (nSPS) is 12.9. The van der Waals surface area contributed by atoms with E-state index in [2.05, 4.69) is 54.8 Å². The number of H-pyrrole nitrogens is 1. The molecule has 0 aliphatic carbocycles. The summed E-state index contributed by atoms with van der Waals surface area (Å²) in [5, 5.41) is 7.70. The molecule has 1 aliphatic rings. The number of fused-ring (bicyclic) bond motifs is 2. The lowest BCUT2D eigenvalue weighted by Gasteiger charge is -2.18. The molecule has 6 rings (SSSR count). The van der Waals surface area contributed by atoms with Crippen molar-refractivity contribution in [3.05, 3.63) is 96.1 Å². The predicted molar refractivity (Wildman–Crippen MR) is 133 cm³/mol. The molecule has 7 nitrogen and oxygen atoms in total. The van der Waals surface area contributed by atoms with Crippen molar-refractivity contribution in [3.8, 4) is 22.8 Å². The first-order chi connectivity index (χ1) is 16.8. The minimum Gasteiger partial charge on any atom is -0.457 e. The number of ether oxygens (including phenoxy) is 1. The van der Waals surface area contributed by atoms with E-state index in [9.17, 15) is 0 Å². The van der Waals surface area contributed by atoms with E-state index in [1.54, 1.807) is 12.5 Å². The highest BCUT2D eigenvalue weighted by molar-refractivity contribution is 5.97. The van der Waals surface area contributed by atoms with Crippen LogP contribution >= 0.6 is 0 Å². The van der Waals surface area contributed by atoms with Gasteiger partial charge in [-0.05, 0) is 47.9 Å². The van der Waals surface area contributed by atoms with Gasteiger partial charge in [-0.25, -0.2) is 15.0 Å². The van der Waals surface area contributed by atoms with Crippen LogP contribution in [0.25, 0.3) is 22.3 Å². The Bertz CT molecular complexity index is 1450. The Morgan fingerprint density at radius 3 is 2.82 bits per heavy atom. The van der Waals surface area contributed by atoms with Gasteiger partial charge in [-0.1, -0.05) is 36.4 Å². The summed E-state index contributed by atoms with van der Waals surface area (Å²) in [5.41, 5.74) is 6.32. The molecule has 3 aromatic heterocycles. The van der Waals surface area contributed by atoms with Gasteiger partial charge in [-0.3, -0.25) is 0 Å². The molecule has 0 atom stereocenters. The van der Waals surface area contributed by atoms with Crippen molar-refractivity contribution in [2.75, 3.05) is 11.9 Å². The Morgan fingerprint density at radius 2 is 1.88 bits per heavy atom. The summed E-state index contributed by atoms with van der Waals surface area (Å²) in [6.07, 6.45) is 6.30. The van der Waals surface area contributed by atoms with Gasteiger partial charge in [-0.2, -0.15) is 0 Å². The third kappa shape index (κ3) is 4.09. The third-order valence-electron chi connectivity index (χ3n) is 6.09. The predicted octanol–water partition coefficient (Wildman–Crippen LogP) is 5.07. The summed E-state index contributed by atoms with van der Waals surface area (Å²) in [4.78, 5) is 16.7. The van der Waals surface area contributed by atoms with Gasteiger partial charge in [0.2, 0.25) is 0 Å². The van der Waals surface area contributed by atoms with Crippen molar-refractivity contribution in [1.82, 2.24) is 25.3 Å². The Labute approximate surface area is 197 Å². The van der Waals surface area contributed by atoms with Crippen LogP contribution in [0, 0.1) is 0 Å². The fourth-order valence-corrected chi connectivity index (χ4v) is 4.35. The van der Waals surface area contributed by atoms with Crippen LogP contribution < -0.4 is 15.4 Å². The van der Waals surface area contributed by atoms with Crippen LogP contribution in [0.4, 0.5) is 5.82 Å². The van der Waals surface area contributed by atoms with Crippen molar-refractivity contribution in [2.24, 2.45) is 0 Å². The van der Waals surface area contributed by atoms with Crippen molar-refractivity contribution < 1.29 is 4.74 Å². The summed E-state index contributed by atoms with van der Waals surface area (Å²) in [7, 11) is 0. The van der Waals surface area contributed by atoms with Crippen LogP contribution in [-0.2, 0) is 19.5 Å². The lowest BCUT2D eigenvalue weighted by atomic mass is 10.0. The molecule has 34 heavy (non-hydrogen) atoms. The molecule has 0 radical (unpaired) electrons. The van der Waals surface area contributed by atoms with Gasteiger partial charge in [0.1, 0.15) is 29.3 Å². The maximum absolute atomic E-state index is 6.37. The first-order valence-corrected chi connectivity index (χ1v) is 11.4. The minimum atomic E-state index is 0.689. The van der Waals surface area contributed by atoms with Crippen molar-refractivity contribution in [2.45, 2.75) is 19.5 Å². The second-order valence-electron chi connectivity index (χ2n) is 8.32. The van der Waals surface area contributed by atoms with E-state index in [4.69, 9.17) is 4.74 Å². The fraction of sp³-hybridized carbons (Fsp3) is 0.148. The maximum atomic E-state index is 6.37. The molecule has 5 aromatic rings. The average molecular weight is 449 g/mol.